The lowest BCUT2D eigenvalue weighted by atomic mass is 9.76. The molecule has 0 bridgehead atoms. The van der Waals surface area contributed by atoms with Crippen LogP contribution in [0.5, 0.6) is 0 Å². The first-order chi connectivity index (χ1) is 46.1. The number of ether oxygens (including phenoxy) is 4. The highest BCUT2D eigenvalue weighted by molar-refractivity contribution is 7.51. The molecule has 0 atom stereocenters. The Labute approximate surface area is 585 Å². The smallest absolute Gasteiger partial charge is 0.335 e. The summed E-state index contributed by atoms with van der Waals surface area (Å²) in [6, 6.07) is 37.6. The van der Waals surface area contributed by atoms with Gasteiger partial charge >= 0.3 is 11.6 Å². The van der Waals surface area contributed by atoms with E-state index in [1.165, 1.54) is 0 Å². The van der Waals surface area contributed by atoms with Crippen LogP contribution in [0.25, 0.3) is 56.1 Å². The van der Waals surface area contributed by atoms with E-state index in [1.807, 2.05) is 70.2 Å². The van der Waals surface area contributed by atoms with Crippen molar-refractivity contribution in [2.45, 2.75) is 204 Å². The van der Waals surface area contributed by atoms with Crippen LogP contribution in [0.4, 0.5) is 11.6 Å². The van der Waals surface area contributed by atoms with E-state index in [-0.39, 0.29) is 11.8 Å². The second kappa shape index (κ2) is 34.9. The molecule has 2 N–H and O–H groups in total. The Morgan fingerprint density at radius 1 is 0.464 bits per heavy atom. The summed E-state index contributed by atoms with van der Waals surface area (Å²) in [6.45, 7) is 37.3. The minimum absolute atomic E-state index is 0.259. The molecule has 8 aromatic rings. The molecular weight excluding hydrogens is 1300 g/mol. The molecular formula is C74H110N10O8SSi4. The van der Waals surface area contributed by atoms with Crippen LogP contribution in [0.1, 0.15) is 101 Å². The molecule has 0 unspecified atom stereocenters. The maximum Gasteiger partial charge on any atom is 0.335 e. The standard InChI is InChI=1S/2C37H55N5O3Si2.O2S/c2*1-8-37(43)18-16-30(17-19-37)34-24-35(41(27-44-20-22-46(2,3)4)28-45-21-23-47(5,6)7)42-36(40-34)32(26-39-42)31-14-15-33(38-25-31)29-12-10-9-11-13-29;1-3-2/h2*9-15,24-26,30,43H,8,16-23,27-28H2,1-7H3;. The summed E-state index contributed by atoms with van der Waals surface area (Å²) in [6.07, 6.45) is 16.0. The fraction of sp³-hybridized carbons (Fsp3) is 0.541. The van der Waals surface area contributed by atoms with Crippen molar-refractivity contribution in [2.75, 3.05) is 63.2 Å². The summed E-state index contributed by atoms with van der Waals surface area (Å²) in [4.78, 5) is 24.5. The molecule has 97 heavy (non-hydrogen) atoms. The zero-order valence-corrected chi connectivity index (χ0v) is 65.3. The third-order valence-corrected chi connectivity index (χ3v) is 25.7. The van der Waals surface area contributed by atoms with Crippen molar-refractivity contribution in [1.82, 2.24) is 39.2 Å². The van der Waals surface area contributed by atoms with Gasteiger partial charge in [-0.15, -0.1) is 0 Å². The number of hydrogen-bond acceptors (Lipinski definition) is 16. The van der Waals surface area contributed by atoms with Crippen molar-refractivity contribution in [3.8, 4) is 44.8 Å². The predicted octanol–water partition coefficient (Wildman–Crippen LogP) is 16.7. The SMILES string of the molecule is CCC1(O)CCC(c2cc(N(COCC[Si](C)(C)C)COCC[Si](C)(C)C)n3ncc(-c4ccc(-c5ccccc5)nc4)c3n2)CC1.CCC1(O)CCC(c2cc(N(COCC[Si](C)(C)C)COCC[Si](C)(C)C)n3ncc(-c4ccc(-c5ccccc5)nc4)c3n2)CC1.O=S=O. The zero-order valence-electron chi connectivity index (χ0n) is 60.5. The molecule has 2 aromatic carbocycles. The molecule has 2 saturated carbocycles. The van der Waals surface area contributed by atoms with Crippen LogP contribution in [0, 0.1) is 0 Å². The minimum atomic E-state index is -1.24. The molecule has 2 aliphatic rings. The van der Waals surface area contributed by atoms with E-state index in [0.717, 1.165) is 194 Å². The van der Waals surface area contributed by atoms with Crippen molar-refractivity contribution in [3.63, 3.8) is 0 Å². The highest BCUT2D eigenvalue weighted by Gasteiger charge is 2.36. The maximum atomic E-state index is 11.0. The summed E-state index contributed by atoms with van der Waals surface area (Å²) in [7, 11) is -4.94. The van der Waals surface area contributed by atoms with Gasteiger partial charge in [0.2, 0.25) is 0 Å². The Bertz CT molecular complexity index is 3460. The Hall–Kier alpha value is -5.97. The lowest BCUT2D eigenvalue weighted by Crippen LogP contribution is -2.34. The van der Waals surface area contributed by atoms with Crippen molar-refractivity contribution < 1.29 is 37.6 Å². The van der Waals surface area contributed by atoms with Gasteiger partial charge in [0.25, 0.3) is 0 Å². The van der Waals surface area contributed by atoms with Crippen LogP contribution < -0.4 is 9.80 Å². The van der Waals surface area contributed by atoms with Gasteiger partial charge in [0, 0.05) is 140 Å². The van der Waals surface area contributed by atoms with E-state index >= 15 is 0 Å². The highest BCUT2D eigenvalue weighted by atomic mass is 32.1. The fourth-order valence-electron chi connectivity index (χ4n) is 12.0. The molecule has 2 aliphatic carbocycles. The topological polar surface area (TPSA) is 204 Å². The van der Waals surface area contributed by atoms with Gasteiger partial charge in [0.1, 0.15) is 38.6 Å². The number of aliphatic hydroxyl groups is 2. The Morgan fingerprint density at radius 2 is 0.773 bits per heavy atom. The third kappa shape index (κ3) is 23.0. The van der Waals surface area contributed by atoms with Crippen LogP contribution in [-0.4, -0.2) is 155 Å². The summed E-state index contributed by atoms with van der Waals surface area (Å²) in [5.74, 6) is 2.36. The maximum absolute atomic E-state index is 11.0. The number of anilines is 2. The van der Waals surface area contributed by atoms with Crippen LogP contribution in [0.15, 0.2) is 122 Å². The minimum Gasteiger partial charge on any atom is -0.390 e. The van der Waals surface area contributed by atoms with Gasteiger partial charge < -0.3 is 39.0 Å². The second-order valence-electron chi connectivity index (χ2n) is 31.5. The van der Waals surface area contributed by atoms with Gasteiger partial charge in [-0.05, 0) is 101 Å². The molecule has 0 amide bonds. The Balaban J connectivity index is 0.000000238. The highest BCUT2D eigenvalue weighted by Crippen LogP contribution is 2.43. The van der Waals surface area contributed by atoms with E-state index in [0.29, 0.717) is 26.9 Å². The number of pyridine rings is 2. The molecule has 2 fully saturated rings. The van der Waals surface area contributed by atoms with Gasteiger partial charge in [-0.3, -0.25) is 9.97 Å². The first-order valence-electron chi connectivity index (χ1n) is 35.1. The summed E-state index contributed by atoms with van der Waals surface area (Å²) < 4.78 is 45.8. The van der Waals surface area contributed by atoms with E-state index in [2.05, 4.69) is 163 Å². The van der Waals surface area contributed by atoms with Crippen molar-refractivity contribution in [3.05, 3.63) is 133 Å². The largest absolute Gasteiger partial charge is 0.390 e. The first-order valence-corrected chi connectivity index (χ1v) is 50.6. The van der Waals surface area contributed by atoms with Crippen molar-refractivity contribution in [2.24, 2.45) is 0 Å². The third-order valence-electron chi connectivity index (χ3n) is 18.8. The predicted molar refractivity (Wildman–Crippen MR) is 406 cm³/mol. The quantitative estimate of drug-likeness (QED) is 0.0244. The summed E-state index contributed by atoms with van der Waals surface area (Å²) in [5, 5.41) is 31.8. The van der Waals surface area contributed by atoms with Gasteiger partial charge in [-0.25, -0.2) is 9.97 Å². The monoisotopic (exact) mass is 1410 g/mol. The normalized spacial score (nSPS) is 18.5. The first kappa shape index (κ1) is 76.8. The molecule has 526 valence electrons. The zero-order chi connectivity index (χ0) is 70.0. The van der Waals surface area contributed by atoms with Crippen molar-refractivity contribution in [1.29, 1.82) is 0 Å². The lowest BCUT2D eigenvalue weighted by Gasteiger charge is -2.35. The Morgan fingerprint density at radius 3 is 1.04 bits per heavy atom. The number of hydrogen-bond donors (Lipinski definition) is 2. The van der Waals surface area contributed by atoms with Gasteiger partial charge in [0.15, 0.2) is 11.3 Å². The van der Waals surface area contributed by atoms with Gasteiger partial charge in [-0.1, -0.05) is 165 Å². The van der Waals surface area contributed by atoms with E-state index in [1.54, 1.807) is 0 Å². The molecule has 6 aromatic heterocycles. The molecule has 18 nitrogen and oxygen atoms in total. The van der Waals surface area contributed by atoms with Crippen LogP contribution in [0.3, 0.4) is 0 Å². The fourth-order valence-corrected chi connectivity index (χ4v) is 15.1. The van der Waals surface area contributed by atoms with Crippen LogP contribution in [0.2, 0.25) is 103 Å². The summed E-state index contributed by atoms with van der Waals surface area (Å²) >= 11 is -0.750. The number of benzene rings is 2. The number of aromatic nitrogens is 8. The molecule has 0 spiro atoms. The average molecular weight is 1410 g/mol. The van der Waals surface area contributed by atoms with Gasteiger partial charge in [0.05, 0.1) is 35.0 Å². The number of rotatable bonds is 30. The number of nitrogens with zero attached hydrogens (tertiary/aromatic N) is 10. The molecule has 6 heterocycles. The Kier molecular flexibility index (Phi) is 27.6. The van der Waals surface area contributed by atoms with Crippen molar-refractivity contribution >= 4 is 66.8 Å². The van der Waals surface area contributed by atoms with E-state index in [9.17, 15) is 10.2 Å². The average Bonchev–Trinajstić information content (AvgIpc) is 1.68. The lowest BCUT2D eigenvalue weighted by molar-refractivity contribution is -0.00484. The number of fused-ring (bicyclic) bond motifs is 2. The molecule has 10 rings (SSSR count). The summed E-state index contributed by atoms with van der Waals surface area (Å²) in [5.41, 5.74) is 10.4. The van der Waals surface area contributed by atoms with Gasteiger partial charge in [-0.2, -0.15) is 27.6 Å². The molecule has 0 saturated heterocycles. The second-order valence-corrected chi connectivity index (χ2v) is 54.1. The van der Waals surface area contributed by atoms with E-state index < -0.39 is 55.1 Å². The molecule has 0 radical (unpaired) electrons. The van der Waals surface area contributed by atoms with Crippen LogP contribution >= 0.6 is 0 Å². The van der Waals surface area contributed by atoms with Crippen LogP contribution in [-0.2, 0) is 30.5 Å². The molecule has 23 heteroatoms. The van der Waals surface area contributed by atoms with E-state index in [4.69, 9.17) is 57.5 Å². The molecule has 0 aliphatic heterocycles.